The molecule has 0 aromatic carbocycles. The average molecular weight is 213 g/mol. The Morgan fingerprint density at radius 1 is 1.47 bits per heavy atom. The summed E-state index contributed by atoms with van der Waals surface area (Å²) >= 11 is 0. The number of nitrogens with zero attached hydrogens (tertiary/aromatic N) is 1. The normalized spacial score (nSPS) is 9.47. The summed E-state index contributed by atoms with van der Waals surface area (Å²) in [5, 5.41) is 5.41. The zero-order chi connectivity index (χ0) is 11.7. The highest BCUT2D eigenvalue weighted by Crippen LogP contribution is 1.88. The van der Waals surface area contributed by atoms with Crippen LogP contribution in [0.4, 0.5) is 0 Å². The van der Waals surface area contributed by atoms with E-state index in [1.165, 1.54) is 4.90 Å². The van der Waals surface area contributed by atoms with Gasteiger partial charge in [-0.1, -0.05) is 6.08 Å². The van der Waals surface area contributed by atoms with E-state index in [9.17, 15) is 9.59 Å². The van der Waals surface area contributed by atoms with Gasteiger partial charge in [0, 0.05) is 33.6 Å². The van der Waals surface area contributed by atoms with Crippen LogP contribution in [0.2, 0.25) is 0 Å². The topological polar surface area (TPSA) is 61.4 Å². The van der Waals surface area contributed by atoms with Crippen molar-refractivity contribution in [2.45, 2.75) is 6.42 Å². The smallest absolute Gasteiger partial charge is 0.236 e. The van der Waals surface area contributed by atoms with E-state index in [4.69, 9.17) is 0 Å². The van der Waals surface area contributed by atoms with Crippen LogP contribution in [0.25, 0.3) is 0 Å². The second-order valence-electron chi connectivity index (χ2n) is 3.16. The van der Waals surface area contributed by atoms with Gasteiger partial charge in [0.2, 0.25) is 11.8 Å². The van der Waals surface area contributed by atoms with E-state index >= 15 is 0 Å². The van der Waals surface area contributed by atoms with Gasteiger partial charge in [-0.3, -0.25) is 9.59 Å². The third kappa shape index (κ3) is 6.68. The summed E-state index contributed by atoms with van der Waals surface area (Å²) in [6, 6.07) is 0. The standard InChI is InChI=1S/C10H19N3O2/c1-4-6-12-8-10(15)13(3)7-5-9(14)11-2/h4,12H,1,5-8H2,2-3H3,(H,11,14). The molecule has 2 N–H and O–H groups in total. The molecular formula is C10H19N3O2. The number of carbonyl (C=O) groups excluding carboxylic acids is 2. The fraction of sp³-hybridized carbons (Fsp3) is 0.600. The molecule has 5 heteroatoms. The second kappa shape index (κ2) is 7.99. The van der Waals surface area contributed by atoms with Gasteiger partial charge in [-0.05, 0) is 0 Å². The van der Waals surface area contributed by atoms with Gasteiger partial charge in [0.15, 0.2) is 0 Å². The molecule has 0 unspecified atom stereocenters. The van der Waals surface area contributed by atoms with Crippen LogP contribution in [0.1, 0.15) is 6.42 Å². The lowest BCUT2D eigenvalue weighted by atomic mass is 10.3. The van der Waals surface area contributed by atoms with Crippen molar-refractivity contribution >= 4 is 11.8 Å². The molecule has 15 heavy (non-hydrogen) atoms. The second-order valence-corrected chi connectivity index (χ2v) is 3.16. The van der Waals surface area contributed by atoms with E-state index in [1.807, 2.05) is 0 Å². The first-order chi connectivity index (χ1) is 7.11. The predicted molar refractivity (Wildman–Crippen MR) is 59.4 cm³/mol. The van der Waals surface area contributed by atoms with Crippen molar-refractivity contribution < 1.29 is 9.59 Å². The molecule has 5 nitrogen and oxygen atoms in total. The van der Waals surface area contributed by atoms with Crippen LogP contribution in [0, 0.1) is 0 Å². The largest absolute Gasteiger partial charge is 0.359 e. The SMILES string of the molecule is C=CCNCC(=O)N(C)CCC(=O)NC. The van der Waals surface area contributed by atoms with Gasteiger partial charge in [-0.2, -0.15) is 0 Å². The molecule has 0 saturated heterocycles. The zero-order valence-corrected chi connectivity index (χ0v) is 9.38. The predicted octanol–water partition coefficient (Wildman–Crippen LogP) is -0.643. The lowest BCUT2D eigenvalue weighted by Gasteiger charge is -2.16. The van der Waals surface area contributed by atoms with E-state index < -0.39 is 0 Å². The quantitative estimate of drug-likeness (QED) is 0.437. The van der Waals surface area contributed by atoms with Crippen molar-refractivity contribution in [1.29, 1.82) is 0 Å². The van der Waals surface area contributed by atoms with Gasteiger partial charge >= 0.3 is 0 Å². The minimum absolute atomic E-state index is 0.0271. The minimum atomic E-state index is -0.0614. The summed E-state index contributed by atoms with van der Waals surface area (Å²) in [6.45, 7) is 4.85. The van der Waals surface area contributed by atoms with E-state index in [0.717, 1.165) is 0 Å². The summed E-state index contributed by atoms with van der Waals surface area (Å²) in [6.07, 6.45) is 2.03. The molecule has 0 heterocycles. The summed E-state index contributed by atoms with van der Waals surface area (Å²) in [7, 11) is 3.26. The Morgan fingerprint density at radius 3 is 2.67 bits per heavy atom. The van der Waals surface area contributed by atoms with Crippen LogP contribution in [0.5, 0.6) is 0 Å². The number of amides is 2. The van der Waals surface area contributed by atoms with Crippen molar-refractivity contribution in [2.75, 3.05) is 33.7 Å². The van der Waals surface area contributed by atoms with Crippen LogP contribution in [0.15, 0.2) is 12.7 Å². The third-order valence-corrected chi connectivity index (χ3v) is 1.94. The van der Waals surface area contributed by atoms with Gasteiger partial charge in [-0.25, -0.2) is 0 Å². The Hall–Kier alpha value is -1.36. The van der Waals surface area contributed by atoms with E-state index in [1.54, 1.807) is 20.2 Å². The fourth-order valence-corrected chi connectivity index (χ4v) is 0.935. The molecule has 86 valence electrons. The first-order valence-electron chi connectivity index (χ1n) is 4.88. The first kappa shape index (κ1) is 13.6. The maximum absolute atomic E-state index is 11.4. The summed E-state index contributed by atoms with van der Waals surface area (Å²) in [5.41, 5.74) is 0. The van der Waals surface area contributed by atoms with Gasteiger partial charge in [0.25, 0.3) is 0 Å². The van der Waals surface area contributed by atoms with Gasteiger partial charge in [-0.15, -0.1) is 6.58 Å². The molecule has 0 aliphatic rings. The summed E-state index contributed by atoms with van der Waals surface area (Å²) in [5.74, 6) is -0.0885. The summed E-state index contributed by atoms with van der Waals surface area (Å²) in [4.78, 5) is 23.9. The number of nitrogens with one attached hydrogen (secondary N) is 2. The maximum Gasteiger partial charge on any atom is 0.236 e. The molecular weight excluding hydrogens is 194 g/mol. The monoisotopic (exact) mass is 213 g/mol. The number of hydrogen-bond donors (Lipinski definition) is 2. The number of likely N-dealkylation sites (N-methyl/N-ethyl adjacent to an activating group) is 1. The zero-order valence-electron chi connectivity index (χ0n) is 9.38. The fourth-order valence-electron chi connectivity index (χ4n) is 0.935. The molecule has 0 aliphatic carbocycles. The molecule has 0 aromatic rings. The van der Waals surface area contributed by atoms with Crippen molar-refractivity contribution in [3.05, 3.63) is 12.7 Å². The van der Waals surface area contributed by atoms with Crippen LogP contribution in [-0.2, 0) is 9.59 Å². The molecule has 0 rings (SSSR count). The number of hydrogen-bond acceptors (Lipinski definition) is 3. The number of rotatable bonds is 7. The molecule has 0 radical (unpaired) electrons. The molecule has 0 atom stereocenters. The van der Waals surface area contributed by atoms with Crippen molar-refractivity contribution in [3.8, 4) is 0 Å². The highest BCUT2D eigenvalue weighted by molar-refractivity contribution is 5.79. The Kier molecular flexibility index (Phi) is 7.27. The van der Waals surface area contributed by atoms with Crippen LogP contribution in [0.3, 0.4) is 0 Å². The Labute approximate surface area is 90.5 Å². The average Bonchev–Trinajstić information content (AvgIpc) is 2.25. The lowest BCUT2D eigenvalue weighted by molar-refractivity contribution is -0.129. The molecule has 2 amide bonds. The molecule has 0 spiro atoms. The van der Waals surface area contributed by atoms with E-state index in [0.29, 0.717) is 19.5 Å². The molecule has 0 bridgehead atoms. The minimum Gasteiger partial charge on any atom is -0.359 e. The lowest BCUT2D eigenvalue weighted by Crippen LogP contribution is -2.37. The van der Waals surface area contributed by atoms with Crippen molar-refractivity contribution in [1.82, 2.24) is 15.5 Å². The Morgan fingerprint density at radius 2 is 2.13 bits per heavy atom. The third-order valence-electron chi connectivity index (χ3n) is 1.94. The van der Waals surface area contributed by atoms with Crippen LogP contribution >= 0.6 is 0 Å². The molecule has 0 fully saturated rings. The van der Waals surface area contributed by atoms with Crippen molar-refractivity contribution in [2.24, 2.45) is 0 Å². The first-order valence-corrected chi connectivity index (χ1v) is 4.88. The Balaban J connectivity index is 3.68. The Bertz CT molecular complexity index is 229. The molecule has 0 aromatic heterocycles. The summed E-state index contributed by atoms with van der Waals surface area (Å²) < 4.78 is 0. The van der Waals surface area contributed by atoms with Crippen LogP contribution < -0.4 is 10.6 Å². The highest BCUT2D eigenvalue weighted by atomic mass is 16.2. The van der Waals surface area contributed by atoms with Gasteiger partial charge < -0.3 is 15.5 Å². The van der Waals surface area contributed by atoms with Crippen molar-refractivity contribution in [3.63, 3.8) is 0 Å². The van der Waals surface area contributed by atoms with Gasteiger partial charge in [0.05, 0.1) is 6.54 Å². The highest BCUT2D eigenvalue weighted by Gasteiger charge is 2.08. The maximum atomic E-state index is 11.4. The van der Waals surface area contributed by atoms with E-state index in [-0.39, 0.29) is 18.4 Å². The van der Waals surface area contributed by atoms with Crippen LogP contribution in [-0.4, -0.2) is 50.4 Å². The molecule has 0 aliphatic heterocycles. The number of carbonyl (C=O) groups is 2. The molecule has 0 saturated carbocycles. The van der Waals surface area contributed by atoms with E-state index in [2.05, 4.69) is 17.2 Å². The van der Waals surface area contributed by atoms with Gasteiger partial charge in [0.1, 0.15) is 0 Å².